The van der Waals surface area contributed by atoms with E-state index >= 15 is 0 Å². The summed E-state index contributed by atoms with van der Waals surface area (Å²) in [7, 11) is 0. The smallest absolute Gasteiger partial charge is 0.234 e. The van der Waals surface area contributed by atoms with Crippen LogP contribution in [0.15, 0.2) is 36.0 Å². The van der Waals surface area contributed by atoms with Crippen molar-refractivity contribution in [2.45, 2.75) is 5.03 Å². The first-order chi connectivity index (χ1) is 10.2. The van der Waals surface area contributed by atoms with Crippen LogP contribution in [0.5, 0.6) is 0 Å². The first kappa shape index (κ1) is 13.8. The van der Waals surface area contributed by atoms with E-state index in [0.29, 0.717) is 16.4 Å². The summed E-state index contributed by atoms with van der Waals surface area (Å²) in [4.78, 5) is 31.0. The van der Waals surface area contributed by atoms with Crippen molar-refractivity contribution in [3.05, 3.63) is 36.1 Å². The van der Waals surface area contributed by atoms with Gasteiger partial charge in [-0.1, -0.05) is 23.4 Å². The Kier molecular flexibility index (Phi) is 3.98. The highest BCUT2D eigenvalue weighted by Crippen LogP contribution is 2.22. The summed E-state index contributed by atoms with van der Waals surface area (Å²) in [6.45, 7) is 0. The molecule has 1 amide bonds. The molecule has 0 aliphatic rings. The van der Waals surface area contributed by atoms with Gasteiger partial charge in [-0.05, 0) is 12.1 Å². The monoisotopic (exact) mass is 320 g/mol. The molecule has 0 fully saturated rings. The zero-order chi connectivity index (χ0) is 14.7. The average Bonchev–Trinajstić information content (AvgIpc) is 2.96. The third kappa shape index (κ3) is 3.11. The molecule has 7 nitrogen and oxygen atoms in total. The highest BCUT2D eigenvalue weighted by molar-refractivity contribution is 8.00. The van der Waals surface area contributed by atoms with E-state index in [2.05, 4.69) is 30.2 Å². The SMILES string of the molecule is O=C(CSc1ncnc2nc[nH]c12)Nc1cccnc1Cl. The van der Waals surface area contributed by atoms with Crippen LogP contribution in [0.3, 0.4) is 0 Å². The number of thioether (sulfide) groups is 1. The molecule has 3 heterocycles. The van der Waals surface area contributed by atoms with Crippen molar-refractivity contribution in [1.29, 1.82) is 0 Å². The number of rotatable bonds is 4. The number of nitrogens with zero attached hydrogens (tertiary/aromatic N) is 4. The number of aromatic nitrogens is 5. The Hall–Kier alpha value is -2.19. The van der Waals surface area contributed by atoms with Crippen LogP contribution >= 0.6 is 23.4 Å². The number of H-pyrrole nitrogens is 1. The van der Waals surface area contributed by atoms with Gasteiger partial charge in [-0.15, -0.1) is 0 Å². The second-order valence-corrected chi connectivity index (χ2v) is 5.28. The van der Waals surface area contributed by atoms with Gasteiger partial charge in [0.25, 0.3) is 0 Å². The molecule has 106 valence electrons. The topological polar surface area (TPSA) is 96.5 Å². The molecule has 0 radical (unpaired) electrons. The Labute approximate surface area is 128 Å². The van der Waals surface area contributed by atoms with Gasteiger partial charge in [-0.2, -0.15) is 0 Å². The summed E-state index contributed by atoms with van der Waals surface area (Å²) in [6, 6.07) is 3.39. The van der Waals surface area contributed by atoms with Gasteiger partial charge in [-0.3, -0.25) is 4.79 Å². The molecule has 0 aliphatic heterocycles. The van der Waals surface area contributed by atoms with Crippen LogP contribution in [0.25, 0.3) is 11.2 Å². The Morgan fingerprint density at radius 3 is 3.10 bits per heavy atom. The minimum Gasteiger partial charge on any atom is -0.341 e. The lowest BCUT2D eigenvalue weighted by atomic mass is 10.4. The molecule has 3 aromatic heterocycles. The van der Waals surface area contributed by atoms with Crippen molar-refractivity contribution in [2.24, 2.45) is 0 Å². The predicted molar refractivity (Wildman–Crippen MR) is 80.3 cm³/mol. The number of aromatic amines is 1. The summed E-state index contributed by atoms with van der Waals surface area (Å²) in [5.41, 5.74) is 1.78. The number of halogens is 1. The molecule has 0 unspecified atom stereocenters. The maximum Gasteiger partial charge on any atom is 0.234 e. The first-order valence-electron chi connectivity index (χ1n) is 5.91. The fraction of sp³-hybridized carbons (Fsp3) is 0.0833. The second-order valence-electron chi connectivity index (χ2n) is 3.96. The summed E-state index contributed by atoms with van der Waals surface area (Å²) in [5, 5.41) is 3.63. The highest BCUT2D eigenvalue weighted by atomic mass is 35.5. The number of hydrogen-bond acceptors (Lipinski definition) is 6. The fourth-order valence-electron chi connectivity index (χ4n) is 1.65. The van der Waals surface area contributed by atoms with Gasteiger partial charge in [0, 0.05) is 6.20 Å². The maximum atomic E-state index is 11.9. The van der Waals surface area contributed by atoms with Crippen LogP contribution in [-0.4, -0.2) is 36.6 Å². The Bertz CT molecular complexity index is 792. The fourth-order valence-corrected chi connectivity index (χ4v) is 2.57. The van der Waals surface area contributed by atoms with Gasteiger partial charge in [0.15, 0.2) is 10.8 Å². The van der Waals surface area contributed by atoms with Gasteiger partial charge < -0.3 is 10.3 Å². The van der Waals surface area contributed by atoms with E-state index in [0.717, 1.165) is 5.52 Å². The van der Waals surface area contributed by atoms with Crippen LogP contribution < -0.4 is 5.32 Å². The molecule has 3 aromatic rings. The summed E-state index contributed by atoms with van der Waals surface area (Å²) >= 11 is 7.17. The Balaban J connectivity index is 1.66. The van der Waals surface area contributed by atoms with E-state index in [4.69, 9.17) is 11.6 Å². The number of carbonyl (C=O) groups excluding carboxylic acids is 1. The lowest BCUT2D eigenvalue weighted by molar-refractivity contribution is -0.113. The third-order valence-electron chi connectivity index (χ3n) is 2.56. The molecule has 0 aromatic carbocycles. The molecular formula is C12H9ClN6OS. The van der Waals surface area contributed by atoms with Crippen LogP contribution in [-0.2, 0) is 4.79 Å². The van der Waals surface area contributed by atoms with Crippen molar-refractivity contribution < 1.29 is 4.79 Å². The second kappa shape index (κ2) is 6.06. The van der Waals surface area contributed by atoms with Crippen molar-refractivity contribution in [2.75, 3.05) is 11.1 Å². The molecular weight excluding hydrogens is 312 g/mol. The van der Waals surface area contributed by atoms with E-state index in [1.54, 1.807) is 24.7 Å². The van der Waals surface area contributed by atoms with Crippen LogP contribution in [0.1, 0.15) is 0 Å². The van der Waals surface area contributed by atoms with E-state index in [-0.39, 0.29) is 16.8 Å². The van der Waals surface area contributed by atoms with Crippen molar-refractivity contribution in [1.82, 2.24) is 24.9 Å². The van der Waals surface area contributed by atoms with E-state index in [9.17, 15) is 4.79 Å². The molecule has 9 heteroatoms. The zero-order valence-corrected chi connectivity index (χ0v) is 12.1. The molecule has 0 aliphatic carbocycles. The number of carbonyl (C=O) groups is 1. The third-order valence-corrected chi connectivity index (χ3v) is 3.85. The minimum absolute atomic E-state index is 0.191. The largest absolute Gasteiger partial charge is 0.341 e. The standard InChI is InChI=1S/C12H9ClN6OS/c13-10-7(2-1-3-14-10)19-8(20)4-21-12-9-11(16-5-15-9)17-6-18-12/h1-3,5-6H,4H2,(H,19,20)(H,15,16,17,18). The molecule has 2 N–H and O–H groups in total. The lowest BCUT2D eigenvalue weighted by Crippen LogP contribution is -2.14. The van der Waals surface area contributed by atoms with Gasteiger partial charge >= 0.3 is 0 Å². The molecule has 21 heavy (non-hydrogen) atoms. The molecule has 0 saturated heterocycles. The van der Waals surface area contributed by atoms with Gasteiger partial charge in [0.05, 0.1) is 17.8 Å². The van der Waals surface area contributed by atoms with E-state index < -0.39 is 0 Å². The summed E-state index contributed by atoms with van der Waals surface area (Å²) in [6.07, 6.45) is 4.52. The van der Waals surface area contributed by atoms with Crippen LogP contribution in [0.2, 0.25) is 5.15 Å². The first-order valence-corrected chi connectivity index (χ1v) is 7.27. The lowest BCUT2D eigenvalue weighted by Gasteiger charge is -2.06. The number of amides is 1. The molecule has 0 bridgehead atoms. The number of imidazole rings is 1. The number of nitrogens with one attached hydrogen (secondary N) is 2. The van der Waals surface area contributed by atoms with Gasteiger partial charge in [0.1, 0.15) is 16.9 Å². The molecule has 0 spiro atoms. The number of hydrogen-bond donors (Lipinski definition) is 2. The van der Waals surface area contributed by atoms with Gasteiger partial charge in [0.2, 0.25) is 5.91 Å². The normalized spacial score (nSPS) is 10.7. The molecule has 0 atom stereocenters. The quantitative estimate of drug-likeness (QED) is 0.434. The van der Waals surface area contributed by atoms with E-state index in [1.807, 2.05) is 0 Å². The predicted octanol–water partition coefficient (Wildman–Crippen LogP) is 2.13. The van der Waals surface area contributed by atoms with Crippen LogP contribution in [0, 0.1) is 0 Å². The van der Waals surface area contributed by atoms with Gasteiger partial charge in [-0.25, -0.2) is 19.9 Å². The molecule has 0 saturated carbocycles. The van der Waals surface area contributed by atoms with Crippen LogP contribution in [0.4, 0.5) is 5.69 Å². The molecule has 3 rings (SSSR count). The zero-order valence-electron chi connectivity index (χ0n) is 10.6. The van der Waals surface area contributed by atoms with Crippen molar-refractivity contribution in [3.8, 4) is 0 Å². The summed E-state index contributed by atoms with van der Waals surface area (Å²) in [5.74, 6) is -0.00252. The van der Waals surface area contributed by atoms with E-state index in [1.165, 1.54) is 18.1 Å². The average molecular weight is 321 g/mol. The number of fused-ring (bicyclic) bond motifs is 1. The Morgan fingerprint density at radius 1 is 1.33 bits per heavy atom. The number of pyridine rings is 1. The highest BCUT2D eigenvalue weighted by Gasteiger charge is 2.10. The maximum absolute atomic E-state index is 11.9. The van der Waals surface area contributed by atoms with Crippen molar-refractivity contribution >= 4 is 46.1 Å². The minimum atomic E-state index is -0.193. The summed E-state index contributed by atoms with van der Waals surface area (Å²) < 4.78 is 0. The van der Waals surface area contributed by atoms with Crippen molar-refractivity contribution in [3.63, 3.8) is 0 Å². The number of anilines is 1. The Morgan fingerprint density at radius 2 is 2.24 bits per heavy atom.